The number of aliphatic hydroxyl groups excluding tert-OH is 1. The number of aliphatic hydroxyl groups is 1. The van der Waals surface area contributed by atoms with E-state index in [0.717, 1.165) is 0 Å². The molecule has 0 spiro atoms. The first-order valence-corrected chi connectivity index (χ1v) is 7.55. The largest absolute Gasteiger partial charge is 0.393 e. The van der Waals surface area contributed by atoms with Gasteiger partial charge in [0.05, 0.1) is 11.0 Å². The van der Waals surface area contributed by atoms with Gasteiger partial charge in [0.15, 0.2) is 0 Å². The zero-order valence-electron chi connectivity index (χ0n) is 9.72. The van der Waals surface area contributed by atoms with Crippen LogP contribution < -0.4 is 4.72 Å². The van der Waals surface area contributed by atoms with Crippen LogP contribution in [0.1, 0.15) is 20.3 Å². The summed E-state index contributed by atoms with van der Waals surface area (Å²) in [6.45, 7) is 3.35. The number of rotatable bonds is 5. The van der Waals surface area contributed by atoms with E-state index in [1.807, 2.05) is 0 Å². The summed E-state index contributed by atoms with van der Waals surface area (Å²) in [5.41, 5.74) is 0. The molecular formula is C11H16BrNO3S. The Morgan fingerprint density at radius 2 is 1.94 bits per heavy atom. The van der Waals surface area contributed by atoms with Crippen LogP contribution >= 0.6 is 15.9 Å². The summed E-state index contributed by atoms with van der Waals surface area (Å²) in [7, 11) is -3.54. The molecule has 0 aromatic heterocycles. The van der Waals surface area contributed by atoms with Crippen LogP contribution in [0, 0.1) is 0 Å². The van der Waals surface area contributed by atoms with Gasteiger partial charge in [-0.05, 0) is 48.3 Å². The summed E-state index contributed by atoms with van der Waals surface area (Å²) >= 11 is 3.20. The number of halogens is 1. The second-order valence-electron chi connectivity index (χ2n) is 4.04. The van der Waals surface area contributed by atoms with Crippen molar-refractivity contribution in [1.82, 2.24) is 4.72 Å². The van der Waals surface area contributed by atoms with Crippen LogP contribution in [0.15, 0.2) is 33.6 Å². The van der Waals surface area contributed by atoms with Gasteiger partial charge in [0.2, 0.25) is 10.0 Å². The fourth-order valence-corrected chi connectivity index (χ4v) is 3.81. The molecule has 0 heterocycles. The normalized spacial score (nSPS) is 15.5. The molecule has 2 unspecified atom stereocenters. The summed E-state index contributed by atoms with van der Waals surface area (Å²) < 4.78 is 27.1. The first-order chi connectivity index (χ1) is 7.83. The lowest BCUT2D eigenvalue weighted by Crippen LogP contribution is -2.34. The van der Waals surface area contributed by atoms with Gasteiger partial charge in [-0.15, -0.1) is 0 Å². The van der Waals surface area contributed by atoms with Gasteiger partial charge in [-0.3, -0.25) is 0 Å². The van der Waals surface area contributed by atoms with Gasteiger partial charge in [-0.25, -0.2) is 13.1 Å². The van der Waals surface area contributed by atoms with Crippen molar-refractivity contribution in [2.45, 2.75) is 37.3 Å². The minimum absolute atomic E-state index is 0.206. The van der Waals surface area contributed by atoms with Crippen molar-refractivity contribution in [3.8, 4) is 0 Å². The number of nitrogens with one attached hydrogen (secondary N) is 1. The van der Waals surface area contributed by atoms with Crippen LogP contribution in [0.4, 0.5) is 0 Å². The van der Waals surface area contributed by atoms with Crippen molar-refractivity contribution in [3.63, 3.8) is 0 Å². The van der Waals surface area contributed by atoms with E-state index in [2.05, 4.69) is 20.7 Å². The molecule has 6 heteroatoms. The Morgan fingerprint density at radius 1 is 1.35 bits per heavy atom. The molecular weight excluding hydrogens is 306 g/mol. The molecule has 0 aliphatic heterocycles. The zero-order valence-corrected chi connectivity index (χ0v) is 12.1. The Balaban J connectivity index is 2.86. The Labute approximate surface area is 110 Å². The highest BCUT2D eigenvalue weighted by Crippen LogP contribution is 2.21. The molecule has 96 valence electrons. The number of benzene rings is 1. The summed E-state index contributed by atoms with van der Waals surface area (Å²) in [5, 5.41) is 9.20. The molecule has 0 aliphatic rings. The monoisotopic (exact) mass is 321 g/mol. The van der Waals surface area contributed by atoms with Crippen LogP contribution in [0.25, 0.3) is 0 Å². The van der Waals surface area contributed by atoms with Gasteiger partial charge in [0.25, 0.3) is 0 Å². The van der Waals surface area contributed by atoms with E-state index in [4.69, 9.17) is 0 Å². The maximum absolute atomic E-state index is 12.0. The molecule has 4 nitrogen and oxygen atoms in total. The van der Waals surface area contributed by atoms with E-state index in [1.54, 1.807) is 32.0 Å². The molecule has 0 aliphatic carbocycles. The number of hydrogen-bond acceptors (Lipinski definition) is 3. The van der Waals surface area contributed by atoms with Crippen molar-refractivity contribution in [1.29, 1.82) is 0 Å². The van der Waals surface area contributed by atoms with E-state index < -0.39 is 16.1 Å². The van der Waals surface area contributed by atoms with E-state index in [0.29, 0.717) is 10.9 Å². The van der Waals surface area contributed by atoms with Crippen LogP contribution in [-0.2, 0) is 10.0 Å². The summed E-state index contributed by atoms with van der Waals surface area (Å²) in [4.78, 5) is 0.206. The zero-order chi connectivity index (χ0) is 13.1. The highest BCUT2D eigenvalue weighted by molar-refractivity contribution is 9.10. The molecule has 2 N–H and O–H groups in total. The van der Waals surface area contributed by atoms with Gasteiger partial charge >= 0.3 is 0 Å². The molecule has 1 rings (SSSR count). The van der Waals surface area contributed by atoms with Crippen molar-refractivity contribution < 1.29 is 13.5 Å². The third-order valence-electron chi connectivity index (χ3n) is 2.18. The SMILES string of the molecule is CC(O)CC(C)NS(=O)(=O)c1ccccc1Br. The first-order valence-electron chi connectivity index (χ1n) is 5.28. The standard InChI is InChI=1S/C11H16BrNO3S/c1-8(7-9(2)14)13-17(15,16)11-6-4-3-5-10(11)12/h3-6,8-9,13-14H,7H2,1-2H3. The van der Waals surface area contributed by atoms with Crippen LogP contribution in [0.5, 0.6) is 0 Å². The highest BCUT2D eigenvalue weighted by Gasteiger charge is 2.20. The molecule has 0 saturated carbocycles. The average Bonchev–Trinajstić information content (AvgIpc) is 2.15. The first kappa shape index (κ1) is 14.6. The molecule has 1 aromatic rings. The van der Waals surface area contributed by atoms with Gasteiger partial charge < -0.3 is 5.11 Å². The minimum atomic E-state index is -3.54. The lowest BCUT2D eigenvalue weighted by atomic mass is 10.2. The molecule has 0 fully saturated rings. The smallest absolute Gasteiger partial charge is 0.241 e. The molecule has 0 amide bonds. The number of hydrogen-bond donors (Lipinski definition) is 2. The Hall–Kier alpha value is -0.430. The third-order valence-corrected chi connectivity index (χ3v) is 4.78. The molecule has 0 radical (unpaired) electrons. The lowest BCUT2D eigenvalue weighted by Gasteiger charge is -2.16. The maximum Gasteiger partial charge on any atom is 0.241 e. The number of sulfonamides is 1. The second-order valence-corrected chi connectivity index (χ2v) is 6.57. The minimum Gasteiger partial charge on any atom is -0.393 e. The highest BCUT2D eigenvalue weighted by atomic mass is 79.9. The van der Waals surface area contributed by atoms with E-state index in [-0.39, 0.29) is 10.9 Å². The maximum atomic E-state index is 12.0. The third kappa shape index (κ3) is 4.39. The van der Waals surface area contributed by atoms with E-state index in [1.165, 1.54) is 6.07 Å². The Morgan fingerprint density at radius 3 is 2.47 bits per heavy atom. The Kier molecular flexibility index (Phi) is 5.12. The molecule has 2 atom stereocenters. The molecule has 1 aromatic carbocycles. The molecule has 17 heavy (non-hydrogen) atoms. The predicted molar refractivity (Wildman–Crippen MR) is 70.2 cm³/mol. The van der Waals surface area contributed by atoms with Gasteiger partial charge in [0.1, 0.15) is 0 Å². The summed E-state index contributed by atoms with van der Waals surface area (Å²) in [6, 6.07) is 6.31. The van der Waals surface area contributed by atoms with Crippen molar-refractivity contribution in [3.05, 3.63) is 28.7 Å². The fourth-order valence-electron chi connectivity index (χ4n) is 1.55. The van der Waals surface area contributed by atoms with Crippen molar-refractivity contribution in [2.75, 3.05) is 0 Å². The van der Waals surface area contributed by atoms with Crippen LogP contribution in [0.3, 0.4) is 0 Å². The predicted octanol–water partition coefficient (Wildman–Crippen LogP) is 1.89. The molecule has 0 saturated heterocycles. The molecule has 0 bridgehead atoms. The van der Waals surface area contributed by atoms with E-state index in [9.17, 15) is 13.5 Å². The van der Waals surface area contributed by atoms with Crippen molar-refractivity contribution >= 4 is 26.0 Å². The van der Waals surface area contributed by atoms with Crippen LogP contribution in [0.2, 0.25) is 0 Å². The Bertz CT molecular complexity index is 473. The topological polar surface area (TPSA) is 66.4 Å². The quantitative estimate of drug-likeness (QED) is 0.870. The van der Waals surface area contributed by atoms with Crippen molar-refractivity contribution in [2.24, 2.45) is 0 Å². The van der Waals surface area contributed by atoms with E-state index >= 15 is 0 Å². The van der Waals surface area contributed by atoms with Gasteiger partial charge in [-0.1, -0.05) is 12.1 Å². The second kappa shape index (κ2) is 5.95. The summed E-state index contributed by atoms with van der Waals surface area (Å²) in [6.07, 6.45) is -0.157. The van der Waals surface area contributed by atoms with Gasteiger partial charge in [0, 0.05) is 10.5 Å². The van der Waals surface area contributed by atoms with Crippen LogP contribution in [-0.4, -0.2) is 25.7 Å². The fraction of sp³-hybridized carbons (Fsp3) is 0.455. The summed E-state index contributed by atoms with van der Waals surface area (Å²) in [5.74, 6) is 0. The van der Waals surface area contributed by atoms with Gasteiger partial charge in [-0.2, -0.15) is 0 Å². The average molecular weight is 322 g/mol. The lowest BCUT2D eigenvalue weighted by molar-refractivity contribution is 0.175.